The number of halogens is 4. The fraction of sp³-hybridized carbons (Fsp3) is 0.182. The maximum absolute atomic E-state index is 12.3. The summed E-state index contributed by atoms with van der Waals surface area (Å²) in [7, 11) is 0. The molecule has 1 heterocycles. The predicted molar refractivity (Wildman–Crippen MR) is 61.4 cm³/mol. The maximum Gasteiger partial charge on any atom is 0.406 e. The molecular formula is C11H8BrF3N2. The van der Waals surface area contributed by atoms with Crippen LogP contribution in [0.5, 0.6) is 0 Å². The van der Waals surface area contributed by atoms with Crippen molar-refractivity contribution >= 4 is 15.9 Å². The van der Waals surface area contributed by atoms with Gasteiger partial charge in [0.05, 0.1) is 0 Å². The fourth-order valence-corrected chi connectivity index (χ4v) is 1.92. The summed E-state index contributed by atoms with van der Waals surface area (Å²) in [6.07, 6.45) is -1.56. The second kappa shape index (κ2) is 4.52. The summed E-state index contributed by atoms with van der Waals surface area (Å²) in [6, 6.07) is 7.02. The van der Waals surface area contributed by atoms with Gasteiger partial charge in [0.1, 0.15) is 12.4 Å². The average molecular weight is 305 g/mol. The van der Waals surface area contributed by atoms with Gasteiger partial charge in [0.25, 0.3) is 0 Å². The fourth-order valence-electron chi connectivity index (χ4n) is 1.52. The monoisotopic (exact) mass is 304 g/mol. The second-order valence-corrected chi connectivity index (χ2v) is 4.42. The number of aromatic nitrogens is 2. The summed E-state index contributed by atoms with van der Waals surface area (Å²) in [5, 5.41) is 0. The maximum atomic E-state index is 12.3. The van der Waals surface area contributed by atoms with E-state index in [9.17, 15) is 13.2 Å². The van der Waals surface area contributed by atoms with E-state index < -0.39 is 12.7 Å². The van der Waals surface area contributed by atoms with Gasteiger partial charge in [-0.3, -0.25) is 0 Å². The van der Waals surface area contributed by atoms with E-state index in [0.29, 0.717) is 11.4 Å². The SMILES string of the molecule is FC(F)(F)Cn1ccnc1-c1cccc(Br)c1. The quantitative estimate of drug-likeness (QED) is 0.823. The van der Waals surface area contributed by atoms with Gasteiger partial charge in [-0.15, -0.1) is 0 Å². The van der Waals surface area contributed by atoms with Crippen molar-refractivity contribution in [2.75, 3.05) is 0 Å². The average Bonchev–Trinajstić information content (AvgIpc) is 2.63. The van der Waals surface area contributed by atoms with Crippen LogP contribution in [0.25, 0.3) is 11.4 Å². The lowest BCUT2D eigenvalue weighted by atomic mass is 10.2. The number of hydrogen-bond donors (Lipinski definition) is 0. The van der Waals surface area contributed by atoms with Crippen molar-refractivity contribution in [2.45, 2.75) is 12.7 Å². The van der Waals surface area contributed by atoms with Crippen molar-refractivity contribution in [3.05, 3.63) is 41.1 Å². The highest BCUT2D eigenvalue weighted by atomic mass is 79.9. The van der Waals surface area contributed by atoms with E-state index in [1.165, 1.54) is 12.4 Å². The third-order valence-electron chi connectivity index (χ3n) is 2.15. The molecule has 2 rings (SSSR count). The molecule has 0 saturated carbocycles. The van der Waals surface area contributed by atoms with Crippen molar-refractivity contribution in [2.24, 2.45) is 0 Å². The Morgan fingerprint density at radius 1 is 1.29 bits per heavy atom. The Bertz CT molecular complexity index is 519. The predicted octanol–water partition coefficient (Wildman–Crippen LogP) is 3.87. The van der Waals surface area contributed by atoms with Gasteiger partial charge < -0.3 is 4.57 Å². The van der Waals surface area contributed by atoms with Gasteiger partial charge in [-0.25, -0.2) is 4.98 Å². The molecule has 0 bridgehead atoms. The molecule has 0 saturated heterocycles. The van der Waals surface area contributed by atoms with Crippen LogP contribution < -0.4 is 0 Å². The molecule has 0 aliphatic rings. The van der Waals surface area contributed by atoms with Gasteiger partial charge in [-0.2, -0.15) is 13.2 Å². The molecule has 2 nitrogen and oxygen atoms in total. The van der Waals surface area contributed by atoms with Crippen LogP contribution in [-0.2, 0) is 6.54 Å². The molecule has 0 spiro atoms. The number of hydrogen-bond acceptors (Lipinski definition) is 1. The van der Waals surface area contributed by atoms with E-state index in [0.717, 1.165) is 9.04 Å². The molecule has 0 N–H and O–H groups in total. The molecule has 17 heavy (non-hydrogen) atoms. The number of alkyl halides is 3. The minimum atomic E-state index is -4.25. The standard InChI is InChI=1S/C11H8BrF3N2/c12-9-3-1-2-8(6-9)10-16-4-5-17(10)7-11(13,14)15/h1-6H,7H2. The van der Waals surface area contributed by atoms with E-state index in [1.54, 1.807) is 24.3 Å². The van der Waals surface area contributed by atoms with Crippen LogP contribution in [0, 0.1) is 0 Å². The van der Waals surface area contributed by atoms with Gasteiger partial charge in [0.2, 0.25) is 0 Å². The normalized spacial score (nSPS) is 11.8. The minimum Gasteiger partial charge on any atom is -0.322 e. The number of imidazole rings is 1. The van der Waals surface area contributed by atoms with Crippen LogP contribution in [-0.4, -0.2) is 15.7 Å². The molecule has 1 aromatic carbocycles. The first kappa shape index (κ1) is 12.2. The Morgan fingerprint density at radius 2 is 2.06 bits per heavy atom. The first-order chi connectivity index (χ1) is 7.96. The zero-order chi connectivity index (χ0) is 12.5. The number of benzene rings is 1. The van der Waals surface area contributed by atoms with Crippen molar-refractivity contribution in [1.82, 2.24) is 9.55 Å². The van der Waals surface area contributed by atoms with Crippen LogP contribution in [0.15, 0.2) is 41.1 Å². The van der Waals surface area contributed by atoms with Crippen LogP contribution in [0.3, 0.4) is 0 Å². The minimum absolute atomic E-state index is 0.309. The number of nitrogens with zero attached hydrogens (tertiary/aromatic N) is 2. The molecule has 0 unspecified atom stereocenters. The molecule has 2 aromatic rings. The summed E-state index contributed by atoms with van der Waals surface area (Å²) in [5.74, 6) is 0.309. The summed E-state index contributed by atoms with van der Waals surface area (Å²) >= 11 is 3.27. The van der Waals surface area contributed by atoms with Gasteiger partial charge >= 0.3 is 6.18 Å². The Balaban J connectivity index is 2.37. The van der Waals surface area contributed by atoms with Crippen LogP contribution >= 0.6 is 15.9 Å². The lowest BCUT2D eigenvalue weighted by Crippen LogP contribution is -2.17. The Hall–Kier alpha value is -1.30. The van der Waals surface area contributed by atoms with E-state index in [-0.39, 0.29) is 0 Å². The van der Waals surface area contributed by atoms with Crippen molar-refractivity contribution in [3.8, 4) is 11.4 Å². The summed E-state index contributed by atoms with van der Waals surface area (Å²) in [6.45, 7) is -1.03. The third-order valence-corrected chi connectivity index (χ3v) is 2.64. The molecule has 1 aromatic heterocycles. The summed E-state index contributed by atoms with van der Waals surface area (Å²) in [4.78, 5) is 3.95. The lowest BCUT2D eigenvalue weighted by molar-refractivity contribution is -0.140. The lowest BCUT2D eigenvalue weighted by Gasteiger charge is -2.10. The molecule has 0 radical (unpaired) electrons. The van der Waals surface area contributed by atoms with Crippen LogP contribution in [0.2, 0.25) is 0 Å². The molecule has 90 valence electrons. The largest absolute Gasteiger partial charge is 0.406 e. The van der Waals surface area contributed by atoms with E-state index in [2.05, 4.69) is 20.9 Å². The van der Waals surface area contributed by atoms with Gasteiger partial charge in [0, 0.05) is 22.4 Å². The second-order valence-electron chi connectivity index (χ2n) is 3.50. The molecule has 0 aliphatic heterocycles. The summed E-state index contributed by atoms with van der Waals surface area (Å²) < 4.78 is 38.9. The Morgan fingerprint density at radius 3 is 2.71 bits per heavy atom. The first-order valence-electron chi connectivity index (χ1n) is 4.79. The molecule has 0 fully saturated rings. The van der Waals surface area contributed by atoms with Crippen molar-refractivity contribution in [1.29, 1.82) is 0 Å². The first-order valence-corrected chi connectivity index (χ1v) is 5.59. The summed E-state index contributed by atoms with van der Waals surface area (Å²) in [5.41, 5.74) is 0.647. The molecule has 0 amide bonds. The highest BCUT2D eigenvalue weighted by molar-refractivity contribution is 9.10. The molecule has 6 heteroatoms. The van der Waals surface area contributed by atoms with E-state index in [4.69, 9.17) is 0 Å². The molecule has 0 atom stereocenters. The topological polar surface area (TPSA) is 17.8 Å². The van der Waals surface area contributed by atoms with Crippen LogP contribution in [0.1, 0.15) is 0 Å². The highest BCUT2D eigenvalue weighted by Gasteiger charge is 2.28. The molecular weight excluding hydrogens is 297 g/mol. The van der Waals surface area contributed by atoms with Gasteiger partial charge in [-0.1, -0.05) is 28.1 Å². The van der Waals surface area contributed by atoms with Crippen LogP contribution in [0.4, 0.5) is 13.2 Å². The van der Waals surface area contributed by atoms with Gasteiger partial charge in [0.15, 0.2) is 0 Å². The smallest absolute Gasteiger partial charge is 0.322 e. The highest BCUT2D eigenvalue weighted by Crippen LogP contribution is 2.25. The zero-order valence-electron chi connectivity index (χ0n) is 8.58. The molecule has 0 aliphatic carbocycles. The number of rotatable bonds is 2. The van der Waals surface area contributed by atoms with Gasteiger partial charge in [-0.05, 0) is 12.1 Å². The van der Waals surface area contributed by atoms with E-state index >= 15 is 0 Å². The van der Waals surface area contributed by atoms with Crippen molar-refractivity contribution < 1.29 is 13.2 Å². The van der Waals surface area contributed by atoms with Crippen molar-refractivity contribution in [3.63, 3.8) is 0 Å². The Labute approximate surface area is 104 Å². The zero-order valence-corrected chi connectivity index (χ0v) is 10.2. The Kier molecular flexibility index (Phi) is 3.24. The third kappa shape index (κ3) is 3.09. The van der Waals surface area contributed by atoms with E-state index in [1.807, 2.05) is 0 Å².